The molecule has 5 aliphatic heterocycles. The van der Waals surface area contributed by atoms with Crippen LogP contribution in [0.15, 0.2) is 90.7 Å². The lowest BCUT2D eigenvalue weighted by atomic mass is 9.76. The number of Topliss-reactive ketones (excluding diaryl/α,β-unsaturated/α-hetero) is 1. The number of alkyl halides is 15. The molecule has 3 N–H and O–H groups in total. The molecule has 5 heterocycles. The normalized spacial score (nSPS) is 16.4. The standard InChI is InChI=1S/C17H21F4NO2.C17H19F4NO2.C12H13F4N.C11H16F3NO5S.C10H17NO3.C7H5BF4O2.ClH/c2*1-16(2,3)24-15(23)22-9-7-11(8-10-22)12-5-4-6-13(18)14(12)17(19,20)21;13-10-3-1-2-9(11(10)12(14,15)16)8-4-6-17-7-5-8;1-10(2,3)19-9(16)15-6-4-8(5-7-15)20-21(17,18)11(12,13)14;1-10(2,3)14-9(13)11-6-4-8(12)5-7-11;9-5-3-1-2-4(8(13)14)6(5)7(10,11)12;/h4-6,11H,7-10H2,1-3H3;4-7H,8-10H2,1-3H3;1-3,8,17H,4-7H2;4H,5-7H2,1-3H3;4-7H2,1-3H3;1-3,13-14H;1H. The number of carbonyl (C=O) groups excluding carboxylic acids is 5. The Morgan fingerprint density at radius 2 is 0.765 bits per heavy atom. The van der Waals surface area contributed by atoms with E-state index in [0.29, 0.717) is 76.3 Å². The molecule has 0 aliphatic carbocycles. The Bertz CT molecular complexity index is 4090. The second-order valence-corrected chi connectivity index (χ2v) is 31.7. The van der Waals surface area contributed by atoms with Crippen molar-refractivity contribution in [3.05, 3.63) is 153 Å². The predicted molar refractivity (Wildman–Crippen MR) is 386 cm³/mol. The van der Waals surface area contributed by atoms with E-state index in [2.05, 4.69) is 9.50 Å². The van der Waals surface area contributed by atoms with Crippen LogP contribution in [0, 0.1) is 23.3 Å². The Hall–Kier alpha value is -8.24. The number of ketones is 1. The first-order valence-electron chi connectivity index (χ1n) is 35.3. The average Bonchev–Trinajstić information content (AvgIpc) is 0.615. The monoisotopic (exact) mass is 1710 g/mol. The molecular weight excluding hydrogens is 1620 g/mol. The molecule has 4 aromatic carbocycles. The number of halogens is 20. The molecule has 646 valence electrons. The van der Waals surface area contributed by atoms with Crippen LogP contribution >= 0.6 is 12.4 Å². The van der Waals surface area contributed by atoms with E-state index in [4.69, 9.17) is 29.0 Å². The summed E-state index contributed by atoms with van der Waals surface area (Å²) in [6.07, 6.45) is -15.5. The third-order valence-electron chi connectivity index (χ3n) is 16.4. The van der Waals surface area contributed by atoms with Gasteiger partial charge in [0.2, 0.25) is 0 Å². The van der Waals surface area contributed by atoms with Gasteiger partial charge in [0.25, 0.3) is 0 Å². The first-order chi connectivity index (χ1) is 52.0. The number of rotatable bonds is 6. The van der Waals surface area contributed by atoms with Crippen molar-refractivity contribution in [2.24, 2.45) is 0 Å². The van der Waals surface area contributed by atoms with Crippen LogP contribution in [-0.4, -0.2) is 169 Å². The zero-order chi connectivity index (χ0) is 86.9. The minimum atomic E-state index is -5.67. The summed E-state index contributed by atoms with van der Waals surface area (Å²) in [5.41, 5.74) is -13.7. The van der Waals surface area contributed by atoms with E-state index in [9.17, 15) is 116 Å². The molecule has 3 saturated heterocycles. The van der Waals surface area contributed by atoms with E-state index < -0.39 is 145 Å². The lowest BCUT2D eigenvalue weighted by molar-refractivity contribution is -0.141. The highest BCUT2D eigenvalue weighted by Crippen LogP contribution is 2.43. The van der Waals surface area contributed by atoms with Crippen LogP contribution in [0.5, 0.6) is 0 Å². The van der Waals surface area contributed by atoms with Crippen molar-refractivity contribution in [1.29, 1.82) is 0 Å². The molecule has 0 unspecified atom stereocenters. The minimum Gasteiger partial charge on any atom is -0.444 e. The fourth-order valence-electron chi connectivity index (χ4n) is 11.4. The predicted octanol–water partition coefficient (Wildman–Crippen LogP) is 18.0. The van der Waals surface area contributed by atoms with Gasteiger partial charge in [-0.05, 0) is 198 Å². The maximum atomic E-state index is 13.7. The van der Waals surface area contributed by atoms with E-state index in [1.54, 1.807) is 67.2 Å². The second-order valence-electron chi connectivity index (χ2n) is 30.1. The molecule has 19 nitrogen and oxygen atoms in total. The zero-order valence-corrected chi connectivity index (χ0v) is 66.3. The van der Waals surface area contributed by atoms with Crippen LogP contribution < -0.4 is 10.8 Å². The van der Waals surface area contributed by atoms with Gasteiger partial charge in [-0.1, -0.05) is 54.6 Å². The number of nitrogens with one attached hydrogen (secondary N) is 1. The summed E-state index contributed by atoms with van der Waals surface area (Å²) in [4.78, 5) is 63.8. The van der Waals surface area contributed by atoms with Gasteiger partial charge in [0.1, 0.15) is 57.2 Å². The van der Waals surface area contributed by atoms with Gasteiger partial charge in [0.15, 0.2) is 0 Å². The number of ether oxygens (including phenoxy) is 4. The van der Waals surface area contributed by atoms with Gasteiger partial charge < -0.3 is 58.1 Å². The topological polar surface area (TPSA) is 231 Å². The third-order valence-corrected chi connectivity index (χ3v) is 17.4. The summed E-state index contributed by atoms with van der Waals surface area (Å²) in [7, 11) is -8.01. The molecule has 5 aliphatic rings. The van der Waals surface area contributed by atoms with Crippen LogP contribution in [0.25, 0.3) is 5.57 Å². The van der Waals surface area contributed by atoms with Crippen molar-refractivity contribution in [2.45, 2.75) is 199 Å². The van der Waals surface area contributed by atoms with Gasteiger partial charge in [-0.2, -0.15) is 74.3 Å². The number of carbonyl (C=O) groups is 5. The second kappa shape index (κ2) is 41.2. The van der Waals surface area contributed by atoms with Crippen molar-refractivity contribution in [2.75, 3.05) is 65.4 Å². The molecule has 0 spiro atoms. The van der Waals surface area contributed by atoms with Gasteiger partial charge in [-0.3, -0.25) is 4.79 Å². The van der Waals surface area contributed by atoms with Crippen molar-refractivity contribution in [1.82, 2.24) is 24.9 Å². The van der Waals surface area contributed by atoms with E-state index in [0.717, 1.165) is 36.4 Å². The van der Waals surface area contributed by atoms with Gasteiger partial charge in [0, 0.05) is 71.6 Å². The first-order valence-corrected chi connectivity index (χ1v) is 36.7. The van der Waals surface area contributed by atoms with Crippen LogP contribution in [0.1, 0.15) is 185 Å². The molecule has 41 heteroatoms. The maximum absolute atomic E-state index is 13.7. The number of likely N-dealkylation sites (tertiary alicyclic amines) is 2. The Labute approximate surface area is 659 Å². The van der Waals surface area contributed by atoms with E-state index in [1.165, 1.54) is 57.2 Å². The summed E-state index contributed by atoms with van der Waals surface area (Å²) in [6.45, 7) is 24.2. The summed E-state index contributed by atoms with van der Waals surface area (Å²) < 4.78 is 290. The number of nitrogens with zero attached hydrogens (tertiary/aromatic N) is 4. The Morgan fingerprint density at radius 3 is 1.10 bits per heavy atom. The molecule has 0 aromatic heterocycles. The zero-order valence-electron chi connectivity index (χ0n) is 64.6. The number of piperidine rings is 3. The minimum absolute atomic E-state index is 0. The molecule has 115 heavy (non-hydrogen) atoms. The fraction of sp³-hybridized carbons (Fsp3) is 0.554. The summed E-state index contributed by atoms with van der Waals surface area (Å²) >= 11 is 0. The molecule has 4 aromatic rings. The molecule has 9 rings (SSSR count). The number of benzene rings is 4. The smallest absolute Gasteiger partial charge is 0.444 e. The number of amides is 4. The molecule has 0 radical (unpaired) electrons. The van der Waals surface area contributed by atoms with Crippen molar-refractivity contribution < 1.29 is 149 Å². The van der Waals surface area contributed by atoms with E-state index in [-0.39, 0.29) is 105 Å². The Balaban J connectivity index is 0.000000361. The largest absolute Gasteiger partial charge is 0.534 e. The fourth-order valence-corrected chi connectivity index (χ4v) is 11.9. The molecule has 3 fully saturated rings. The molecule has 0 saturated carbocycles. The van der Waals surface area contributed by atoms with E-state index in [1.807, 2.05) is 20.8 Å². The molecular formula is C74H92BClF19N5O14S. The van der Waals surface area contributed by atoms with Gasteiger partial charge in [-0.25, -0.2) is 36.7 Å². The third kappa shape index (κ3) is 33.0. The van der Waals surface area contributed by atoms with Gasteiger partial charge >= 0.3 is 71.8 Å². The van der Waals surface area contributed by atoms with Crippen LogP contribution in [-0.2, 0) is 62.7 Å². The number of hydrogen-bond donors (Lipinski definition) is 3. The Morgan fingerprint density at radius 1 is 0.435 bits per heavy atom. The molecule has 4 amide bonds. The SMILES string of the molecule is CC(C)(C)OC(=O)N1CC=C(OS(=O)(=O)C(F)(F)F)CC1.CC(C)(C)OC(=O)N1CC=C(c2cccc(F)c2C(F)(F)F)CC1.CC(C)(C)OC(=O)N1CCC(=O)CC1.CC(C)(C)OC(=O)N1CCC(c2cccc(F)c2C(F)(F)F)CC1.Cl.Fc1cccc(C2CCNCC2)c1C(F)(F)F.OB(O)c1cccc(F)c1C(F)(F)F. The van der Waals surface area contributed by atoms with Crippen LogP contribution in [0.4, 0.5) is 103 Å². The lowest BCUT2D eigenvalue weighted by Crippen LogP contribution is -2.41. The quantitative estimate of drug-likeness (QED) is 0.0536. The summed E-state index contributed by atoms with van der Waals surface area (Å²) in [6, 6.07) is 12.7. The Kier molecular flexibility index (Phi) is 36.2. The molecule has 0 atom stereocenters. The van der Waals surface area contributed by atoms with Gasteiger partial charge in [-0.15, -0.1) is 12.4 Å². The van der Waals surface area contributed by atoms with E-state index >= 15 is 0 Å². The molecule has 0 bridgehead atoms. The van der Waals surface area contributed by atoms with Crippen molar-refractivity contribution in [3.63, 3.8) is 0 Å². The van der Waals surface area contributed by atoms with Crippen LogP contribution in [0.3, 0.4) is 0 Å². The van der Waals surface area contributed by atoms with Crippen LogP contribution in [0.2, 0.25) is 0 Å². The first kappa shape index (κ1) is 101. The number of hydrogen-bond acceptors (Lipinski definition) is 15. The average molecular weight is 1710 g/mol. The van der Waals surface area contributed by atoms with Crippen molar-refractivity contribution >= 4 is 70.8 Å². The van der Waals surface area contributed by atoms with Gasteiger partial charge in [0.05, 0.1) is 22.3 Å². The maximum Gasteiger partial charge on any atom is 0.534 e. The summed E-state index contributed by atoms with van der Waals surface area (Å²) in [5, 5.41) is 20.2. The summed E-state index contributed by atoms with van der Waals surface area (Å²) in [5.74, 6) is -6.00. The highest BCUT2D eigenvalue weighted by molar-refractivity contribution is 7.87. The highest BCUT2D eigenvalue weighted by Gasteiger charge is 2.49. The highest BCUT2D eigenvalue weighted by atomic mass is 35.5. The van der Waals surface area contributed by atoms with Crippen molar-refractivity contribution in [3.8, 4) is 0 Å². The lowest BCUT2D eigenvalue weighted by Gasteiger charge is -2.34.